The maximum absolute atomic E-state index is 6.15. The molecule has 0 atom stereocenters. The van der Waals surface area contributed by atoms with Gasteiger partial charge in [-0.05, 0) is 15.1 Å². The van der Waals surface area contributed by atoms with Gasteiger partial charge in [-0.15, -0.1) is 0 Å². The Labute approximate surface area is 129 Å². The summed E-state index contributed by atoms with van der Waals surface area (Å²) in [4.78, 5) is 3.49. The van der Waals surface area contributed by atoms with Crippen molar-refractivity contribution in [3.63, 3.8) is 0 Å². The minimum absolute atomic E-state index is 0.0785. The van der Waals surface area contributed by atoms with E-state index in [0.717, 1.165) is 0 Å². The fraction of sp³-hybridized carbons (Fsp3) is 1.00. The van der Waals surface area contributed by atoms with Gasteiger partial charge in [0.15, 0.2) is 0 Å². The molecule has 6 heteroatoms. The molecule has 0 aromatic rings. The highest BCUT2D eigenvalue weighted by molar-refractivity contribution is 7.65. The van der Waals surface area contributed by atoms with E-state index in [9.17, 15) is 0 Å². The Morgan fingerprint density at radius 3 is 0.944 bits per heavy atom. The lowest BCUT2D eigenvalue weighted by Crippen LogP contribution is -2.72. The van der Waals surface area contributed by atoms with E-state index in [-0.39, 0.29) is 15.1 Å². The highest BCUT2D eigenvalue weighted by Crippen LogP contribution is 2.61. The van der Waals surface area contributed by atoms with Gasteiger partial charge in [0.1, 0.15) is 8.24 Å². The summed E-state index contributed by atoms with van der Waals surface area (Å²) in [5.41, 5.74) is 0. The molecule has 0 aliphatic heterocycles. The maximum atomic E-state index is 6.15. The third-order valence-electron chi connectivity index (χ3n) is 3.76. The SMILES string of the molecule is CC(C)(C)[Si](N[B-](Cl)(Cl)Cl)(C(C)(C)C)C(C)(C)C. The fourth-order valence-corrected chi connectivity index (χ4v) is 14.3. The van der Waals surface area contributed by atoms with Crippen molar-refractivity contribution in [1.29, 1.82) is 0 Å². The zero-order chi connectivity index (χ0) is 15.2. The van der Waals surface area contributed by atoms with Crippen LogP contribution in [0.25, 0.3) is 0 Å². The van der Waals surface area contributed by atoms with Crippen LogP contribution in [0.1, 0.15) is 62.3 Å². The van der Waals surface area contributed by atoms with Gasteiger partial charge in [0, 0.05) is 0 Å². The highest BCUT2D eigenvalue weighted by atomic mass is 35.6. The Morgan fingerprint density at radius 1 is 0.667 bits per heavy atom. The van der Waals surface area contributed by atoms with Gasteiger partial charge in [0.2, 0.25) is 0 Å². The van der Waals surface area contributed by atoms with E-state index >= 15 is 0 Å². The first-order valence-electron chi connectivity index (χ1n) is 6.44. The van der Waals surface area contributed by atoms with Crippen LogP contribution in [0, 0.1) is 0 Å². The summed E-state index contributed by atoms with van der Waals surface area (Å²) < 4.78 is -2.08. The van der Waals surface area contributed by atoms with Crippen LogP contribution in [0.4, 0.5) is 0 Å². The van der Waals surface area contributed by atoms with Crippen LogP contribution in [0.15, 0.2) is 0 Å². The first kappa shape index (κ1) is 19.1. The van der Waals surface area contributed by atoms with Gasteiger partial charge in [-0.1, -0.05) is 62.3 Å². The van der Waals surface area contributed by atoms with E-state index in [1.54, 1.807) is 0 Å². The summed E-state index contributed by atoms with van der Waals surface area (Å²) in [6.45, 7) is 20.3. The average Bonchev–Trinajstić information content (AvgIpc) is 1.90. The van der Waals surface area contributed by atoms with Crippen molar-refractivity contribution in [3.05, 3.63) is 0 Å². The lowest BCUT2D eigenvalue weighted by molar-refractivity contribution is 0.521. The van der Waals surface area contributed by atoms with Gasteiger partial charge >= 0.3 is 4.53 Å². The number of nitrogens with one attached hydrogen (secondary N) is 1. The van der Waals surface area contributed by atoms with Crippen LogP contribution in [-0.4, -0.2) is 12.8 Å². The van der Waals surface area contributed by atoms with Gasteiger partial charge in [-0.25, -0.2) is 0 Å². The van der Waals surface area contributed by atoms with Gasteiger partial charge in [0.25, 0.3) is 0 Å². The zero-order valence-electron chi connectivity index (χ0n) is 13.2. The minimum Gasteiger partial charge on any atom is -0.471 e. The second-order valence-electron chi connectivity index (χ2n) is 8.22. The monoisotopic (exact) mass is 330 g/mol. The zero-order valence-corrected chi connectivity index (χ0v) is 16.5. The molecule has 0 rings (SSSR count). The van der Waals surface area contributed by atoms with Gasteiger partial charge in [-0.3, -0.25) is 0 Å². The van der Waals surface area contributed by atoms with Crippen LogP contribution in [-0.2, 0) is 0 Å². The molecule has 0 radical (unpaired) electrons. The average molecular weight is 332 g/mol. The summed E-state index contributed by atoms with van der Waals surface area (Å²) in [5.74, 6) is 0. The first-order valence-corrected chi connectivity index (χ1v) is 9.75. The van der Waals surface area contributed by atoms with Crippen molar-refractivity contribution in [2.45, 2.75) is 77.4 Å². The number of hydrogen-bond acceptors (Lipinski definition) is 1. The van der Waals surface area contributed by atoms with E-state index in [1.165, 1.54) is 0 Å². The van der Waals surface area contributed by atoms with Crippen LogP contribution in [0.5, 0.6) is 0 Å². The van der Waals surface area contributed by atoms with Gasteiger partial charge < -0.3 is 39.3 Å². The van der Waals surface area contributed by atoms with Crippen molar-refractivity contribution >= 4 is 47.1 Å². The van der Waals surface area contributed by atoms with Crippen LogP contribution in [0.3, 0.4) is 0 Å². The van der Waals surface area contributed by atoms with Crippen molar-refractivity contribution in [2.75, 3.05) is 0 Å². The molecule has 0 bridgehead atoms. The quantitative estimate of drug-likeness (QED) is 0.605. The molecule has 0 aliphatic carbocycles. The summed E-state index contributed by atoms with van der Waals surface area (Å²) in [6, 6.07) is 0. The van der Waals surface area contributed by atoms with Gasteiger partial charge in [-0.2, -0.15) is 0 Å². The van der Waals surface area contributed by atoms with E-state index in [2.05, 4.69) is 67.2 Å². The summed E-state index contributed by atoms with van der Waals surface area (Å²) in [7, 11) is -2.15. The Bertz CT molecular complexity index is 258. The van der Waals surface area contributed by atoms with Crippen molar-refractivity contribution in [1.82, 2.24) is 4.89 Å². The molecule has 0 unspecified atom stereocenters. The number of rotatable bonds is 2. The molecule has 1 N–H and O–H groups in total. The molecule has 0 amide bonds. The largest absolute Gasteiger partial charge is 0.471 e. The molecule has 0 aromatic heterocycles. The number of halogens is 3. The van der Waals surface area contributed by atoms with Crippen LogP contribution < -0.4 is 4.89 Å². The van der Waals surface area contributed by atoms with E-state index < -0.39 is 12.8 Å². The van der Waals surface area contributed by atoms with E-state index in [4.69, 9.17) is 34.4 Å². The Balaban J connectivity index is 6.10. The molecule has 0 aliphatic rings. The van der Waals surface area contributed by atoms with E-state index in [0.29, 0.717) is 0 Å². The number of hydrogen-bond donors (Lipinski definition) is 1. The Morgan fingerprint density at radius 2 is 0.889 bits per heavy atom. The third kappa shape index (κ3) is 3.82. The smallest absolute Gasteiger partial charge is 0.306 e. The predicted octanol–water partition coefficient (Wildman–Crippen LogP) is 6.07. The predicted molar refractivity (Wildman–Crippen MR) is 91.3 cm³/mol. The summed E-state index contributed by atoms with van der Waals surface area (Å²) in [6.07, 6.45) is 0. The molecule has 18 heavy (non-hydrogen) atoms. The molecule has 110 valence electrons. The second-order valence-corrected chi connectivity index (χ2v) is 17.1. The Hall–Kier alpha value is 1.11. The standard InChI is InChI=1S/C12H28BCl3NSi/c1-10(2,3)18(11(4,5)6,12(7,8)9)17-13(14,15)16/h17H,1-9H3/q-1. The van der Waals surface area contributed by atoms with Crippen molar-refractivity contribution in [3.8, 4) is 0 Å². The maximum Gasteiger partial charge on any atom is 0.306 e. The fourth-order valence-electron chi connectivity index (χ4n) is 4.27. The minimum atomic E-state index is -2.15. The van der Waals surface area contributed by atoms with Crippen LogP contribution >= 0.6 is 34.4 Å². The molecule has 0 heterocycles. The molecule has 0 saturated heterocycles. The molecule has 1 nitrogen and oxygen atoms in total. The van der Waals surface area contributed by atoms with E-state index in [1.807, 2.05) is 0 Å². The molecule has 0 fully saturated rings. The van der Waals surface area contributed by atoms with Gasteiger partial charge in [0.05, 0.1) is 0 Å². The second kappa shape index (κ2) is 5.14. The molecular formula is C12H28BCl3NSi-. The van der Waals surface area contributed by atoms with Crippen LogP contribution in [0.2, 0.25) is 15.1 Å². The molecule has 0 spiro atoms. The summed E-state index contributed by atoms with van der Waals surface area (Å²) in [5, 5.41) is 0.236. The summed E-state index contributed by atoms with van der Waals surface area (Å²) >= 11 is 18.5. The normalized spacial score (nSPS) is 16.0. The van der Waals surface area contributed by atoms with Crippen molar-refractivity contribution in [2.24, 2.45) is 0 Å². The molecule has 0 aromatic carbocycles. The lowest BCUT2D eigenvalue weighted by Gasteiger charge is -2.63. The lowest BCUT2D eigenvalue weighted by atomic mass is 10.2. The Kier molecular flexibility index (Phi) is 5.46. The van der Waals surface area contributed by atoms with Crippen molar-refractivity contribution < 1.29 is 0 Å². The highest BCUT2D eigenvalue weighted by Gasteiger charge is 2.59. The molecule has 0 saturated carbocycles. The third-order valence-corrected chi connectivity index (χ3v) is 12.2. The topological polar surface area (TPSA) is 12.0 Å². The molecular weight excluding hydrogens is 303 g/mol. The first-order chi connectivity index (χ1) is 7.46.